The number of carbonyl (C=O) groups excluding carboxylic acids is 4. The lowest BCUT2D eigenvalue weighted by Gasteiger charge is -2.10. The molecule has 204 valence electrons. The van der Waals surface area contributed by atoms with Crippen molar-refractivity contribution in [1.82, 2.24) is 30.6 Å². The molecule has 2 aromatic rings. The van der Waals surface area contributed by atoms with Gasteiger partial charge in [-0.1, -0.05) is 26.5 Å². The van der Waals surface area contributed by atoms with Crippen molar-refractivity contribution >= 4 is 64.2 Å². The molecule has 2 atom stereocenters. The van der Waals surface area contributed by atoms with E-state index in [0.29, 0.717) is 18.8 Å². The fourth-order valence-corrected chi connectivity index (χ4v) is 3.25. The Hall–Kier alpha value is -3.33. The third-order valence-electron chi connectivity index (χ3n) is 4.33. The van der Waals surface area contributed by atoms with Crippen molar-refractivity contribution in [2.24, 2.45) is 17.2 Å². The summed E-state index contributed by atoms with van der Waals surface area (Å²) >= 11 is 16.5. The lowest BCUT2D eigenvalue weighted by molar-refractivity contribution is -0.120. The molecule has 4 heterocycles. The molecule has 0 unspecified atom stereocenters. The number of aromatic nitrogens is 4. The van der Waals surface area contributed by atoms with Gasteiger partial charge in [-0.2, -0.15) is 0 Å². The van der Waals surface area contributed by atoms with Crippen molar-refractivity contribution in [3.63, 3.8) is 0 Å². The number of hydrogen-bond acceptors (Lipinski definition) is 10. The van der Waals surface area contributed by atoms with E-state index in [1.165, 1.54) is 12.1 Å². The lowest BCUT2D eigenvalue weighted by Crippen LogP contribution is -2.30. The van der Waals surface area contributed by atoms with Crippen molar-refractivity contribution in [3.05, 3.63) is 39.2 Å². The van der Waals surface area contributed by atoms with E-state index in [4.69, 9.17) is 52.0 Å². The van der Waals surface area contributed by atoms with Gasteiger partial charge in [-0.05, 0) is 36.0 Å². The Morgan fingerprint density at radius 1 is 0.838 bits per heavy atom. The van der Waals surface area contributed by atoms with Crippen LogP contribution in [0.4, 0.5) is 5.82 Å². The predicted octanol–water partition coefficient (Wildman–Crippen LogP) is 0.517. The molecule has 2 fully saturated rings. The van der Waals surface area contributed by atoms with Crippen molar-refractivity contribution in [2.75, 3.05) is 18.4 Å². The first kappa shape index (κ1) is 33.7. The van der Waals surface area contributed by atoms with Gasteiger partial charge in [0.25, 0.3) is 11.8 Å². The number of nitrogens with two attached hydrogens (primary N) is 3. The van der Waals surface area contributed by atoms with Gasteiger partial charge in [-0.15, -0.1) is 0 Å². The van der Waals surface area contributed by atoms with Gasteiger partial charge in [0.1, 0.15) is 28.4 Å². The Bertz CT molecular complexity index is 1100. The van der Waals surface area contributed by atoms with Crippen molar-refractivity contribution < 1.29 is 19.2 Å². The molecule has 0 saturated carbocycles. The normalized spacial score (nSPS) is 17.3. The highest BCUT2D eigenvalue weighted by Crippen LogP contribution is 2.14. The molecule has 14 nitrogen and oxygen atoms in total. The van der Waals surface area contributed by atoms with Crippen LogP contribution in [-0.2, 0) is 9.59 Å². The average Bonchev–Trinajstić information content (AvgIpc) is 3.35. The molecule has 37 heavy (non-hydrogen) atoms. The highest BCUT2D eigenvalue weighted by molar-refractivity contribution is 6.32. The van der Waals surface area contributed by atoms with E-state index in [0.717, 1.165) is 13.0 Å². The van der Waals surface area contributed by atoms with Crippen LogP contribution in [-0.4, -0.2) is 68.7 Å². The molecule has 2 aliphatic rings. The summed E-state index contributed by atoms with van der Waals surface area (Å²) in [6, 6.07) is 2.00. The van der Waals surface area contributed by atoms with Crippen LogP contribution < -0.4 is 33.2 Å². The van der Waals surface area contributed by atoms with Gasteiger partial charge < -0.3 is 33.2 Å². The van der Waals surface area contributed by atoms with Crippen LogP contribution in [0.1, 0.15) is 48.7 Å². The summed E-state index contributed by atoms with van der Waals surface area (Å²) < 4.78 is 0. The van der Waals surface area contributed by atoms with Gasteiger partial charge in [-0.25, -0.2) is 19.9 Å². The first-order valence-corrected chi connectivity index (χ1v) is 11.0. The molecular weight excluding hydrogens is 551 g/mol. The zero-order chi connectivity index (χ0) is 26.1. The van der Waals surface area contributed by atoms with Crippen LogP contribution in [0.15, 0.2) is 12.1 Å². The minimum atomic E-state index is -0.701. The number of hydrogen-bond donors (Lipinski definition) is 6. The summed E-state index contributed by atoms with van der Waals surface area (Å²) in [4.78, 5) is 57.8. The molecule has 9 N–H and O–H groups in total. The smallest absolute Gasteiger partial charge is 0.267 e. The first-order valence-electron chi connectivity index (χ1n) is 9.88. The van der Waals surface area contributed by atoms with Crippen LogP contribution in [0, 0.1) is 0 Å². The second-order valence-electron chi connectivity index (χ2n) is 6.94. The van der Waals surface area contributed by atoms with E-state index in [-0.39, 0.29) is 65.9 Å². The molecule has 0 radical (unpaired) electrons. The van der Waals surface area contributed by atoms with E-state index in [1.807, 2.05) is 0 Å². The summed E-state index contributed by atoms with van der Waals surface area (Å²) in [6.45, 7) is 1.36. The average molecular weight is 580 g/mol. The molecule has 4 amide bonds. The Balaban J connectivity index is 0.000000560. The number of primary amides is 2. The molecule has 0 spiro atoms. The zero-order valence-electron chi connectivity index (χ0n) is 17.9. The maximum Gasteiger partial charge on any atom is 0.267 e. The van der Waals surface area contributed by atoms with Gasteiger partial charge in [-0.3, -0.25) is 19.2 Å². The summed E-state index contributed by atoms with van der Waals surface area (Å²) in [6.07, 6.45) is 1.44. The van der Waals surface area contributed by atoms with Crippen LogP contribution in [0.25, 0.3) is 0 Å². The zero-order valence-corrected chi connectivity index (χ0v) is 20.2. The van der Waals surface area contributed by atoms with Crippen LogP contribution in [0.2, 0.25) is 15.7 Å². The SMILES string of the molecule is C.C.NC(=O)c1cc(Cl)nc(Cl)n1.NC(=O)c1cc(N[C@H]2CCNC2=O)nc(Cl)n1.N[C@H]1CCNC1=O. The largest absolute Gasteiger partial charge is 0.364 e. The van der Waals surface area contributed by atoms with Gasteiger partial charge >= 0.3 is 0 Å². The summed E-state index contributed by atoms with van der Waals surface area (Å²) in [5.74, 6) is -1.20. The van der Waals surface area contributed by atoms with Crippen molar-refractivity contribution in [2.45, 2.75) is 39.8 Å². The molecule has 0 bridgehead atoms. The summed E-state index contributed by atoms with van der Waals surface area (Å²) in [5.41, 5.74) is 15.3. The summed E-state index contributed by atoms with van der Waals surface area (Å²) in [7, 11) is 0. The molecule has 0 aromatic carbocycles. The predicted molar refractivity (Wildman–Crippen MR) is 140 cm³/mol. The van der Waals surface area contributed by atoms with E-state index in [1.54, 1.807) is 0 Å². The molecule has 2 saturated heterocycles. The topological polar surface area (TPSA) is 234 Å². The third-order valence-corrected chi connectivity index (χ3v) is 4.87. The Morgan fingerprint density at radius 3 is 1.76 bits per heavy atom. The number of nitrogens with one attached hydrogen (secondary N) is 3. The second-order valence-corrected chi connectivity index (χ2v) is 8.01. The number of amides is 4. The first-order chi connectivity index (χ1) is 16.5. The van der Waals surface area contributed by atoms with Crippen LogP contribution >= 0.6 is 34.8 Å². The van der Waals surface area contributed by atoms with E-state index in [9.17, 15) is 19.2 Å². The monoisotopic (exact) mass is 578 g/mol. The maximum absolute atomic E-state index is 11.3. The highest BCUT2D eigenvalue weighted by Gasteiger charge is 2.24. The molecule has 0 aliphatic carbocycles. The standard InChI is InChI=1S/C9H10ClN5O2.C5H3Cl2N3O.C4H8N2O.2CH4/c10-9-14-5(7(11)16)3-6(15-9)13-4-1-2-12-8(4)17;6-3-1-2(4(8)11)9-5(7)10-3;5-3-1-2-6-4(3)7;;/h3-4H,1-2H2,(H2,11,16)(H,12,17)(H,13,14,15);1H,(H2,8,11);3H,1-2,5H2,(H,6,7);2*1H4/t4-;;3-;;/m0.0../s1. The fourth-order valence-electron chi connectivity index (χ4n) is 2.66. The minimum Gasteiger partial charge on any atom is -0.364 e. The van der Waals surface area contributed by atoms with Crippen LogP contribution in [0.5, 0.6) is 0 Å². The van der Waals surface area contributed by atoms with Crippen molar-refractivity contribution in [3.8, 4) is 0 Å². The van der Waals surface area contributed by atoms with Gasteiger partial charge in [0.15, 0.2) is 0 Å². The molecule has 2 aliphatic heterocycles. The second kappa shape index (κ2) is 15.7. The molecule has 17 heteroatoms. The quantitative estimate of drug-likeness (QED) is 0.217. The Labute approximate surface area is 228 Å². The van der Waals surface area contributed by atoms with Gasteiger partial charge in [0.05, 0.1) is 6.04 Å². The lowest BCUT2D eigenvalue weighted by atomic mass is 10.2. The highest BCUT2D eigenvalue weighted by atomic mass is 35.5. The van der Waals surface area contributed by atoms with E-state index < -0.39 is 11.8 Å². The van der Waals surface area contributed by atoms with Crippen LogP contribution in [0.3, 0.4) is 0 Å². The van der Waals surface area contributed by atoms with E-state index >= 15 is 0 Å². The molecule has 2 aromatic heterocycles. The maximum atomic E-state index is 11.3. The number of nitrogens with zero attached hydrogens (tertiary/aromatic N) is 4. The minimum absolute atomic E-state index is 0. The van der Waals surface area contributed by atoms with Crippen molar-refractivity contribution in [1.29, 1.82) is 0 Å². The number of carbonyl (C=O) groups is 4. The fraction of sp³-hybridized carbons (Fsp3) is 0.400. The Kier molecular flexibility index (Phi) is 14.3. The summed E-state index contributed by atoms with van der Waals surface area (Å²) in [5, 5.41) is 8.06. The third kappa shape index (κ3) is 11.1. The molecule has 4 rings (SSSR count). The number of anilines is 1. The van der Waals surface area contributed by atoms with Gasteiger partial charge in [0, 0.05) is 25.2 Å². The van der Waals surface area contributed by atoms with E-state index in [2.05, 4.69) is 35.9 Å². The molecular formula is C20H29Cl3N10O4. The number of rotatable bonds is 4. The Morgan fingerprint density at radius 2 is 1.35 bits per heavy atom. The van der Waals surface area contributed by atoms with Gasteiger partial charge in [0.2, 0.25) is 22.4 Å². The number of halogens is 3.